The number of H-pyrrole nitrogens is 2. The van der Waals surface area contributed by atoms with Crippen LogP contribution >= 0.6 is 11.6 Å². The average Bonchev–Trinajstić information content (AvgIpc) is 3.42. The Bertz CT molecular complexity index is 1430. The van der Waals surface area contributed by atoms with Gasteiger partial charge in [0, 0.05) is 36.6 Å². The molecule has 2 aromatic carbocycles. The Balaban J connectivity index is 1.61. The van der Waals surface area contributed by atoms with Crippen LogP contribution < -0.4 is 10.2 Å². The second kappa shape index (κ2) is 7.45. The van der Waals surface area contributed by atoms with Crippen LogP contribution in [0.25, 0.3) is 32.9 Å². The first kappa shape index (κ1) is 19.1. The maximum absolute atomic E-state index is 13.2. The van der Waals surface area contributed by atoms with Gasteiger partial charge in [-0.3, -0.25) is 9.89 Å². The van der Waals surface area contributed by atoms with Crippen molar-refractivity contribution in [2.75, 3.05) is 24.3 Å². The van der Waals surface area contributed by atoms with Gasteiger partial charge in [-0.2, -0.15) is 5.10 Å². The molecule has 5 rings (SSSR count). The molecule has 0 radical (unpaired) electrons. The van der Waals surface area contributed by atoms with Crippen molar-refractivity contribution in [3.8, 4) is 11.1 Å². The van der Waals surface area contributed by atoms with Gasteiger partial charge in [0.15, 0.2) is 5.69 Å². The largest absolute Gasteiger partial charge is 0.376 e. The summed E-state index contributed by atoms with van der Waals surface area (Å²) in [6.07, 6.45) is 3.61. The van der Waals surface area contributed by atoms with Gasteiger partial charge in [0.1, 0.15) is 5.15 Å². The van der Waals surface area contributed by atoms with E-state index in [9.17, 15) is 4.79 Å². The number of benzene rings is 2. The number of pyridine rings is 1. The van der Waals surface area contributed by atoms with Crippen molar-refractivity contribution in [3.63, 3.8) is 0 Å². The average molecular weight is 431 g/mol. The number of carbonyl (C=O) groups is 1. The quantitative estimate of drug-likeness (QED) is 0.347. The number of amides is 1. The van der Waals surface area contributed by atoms with E-state index in [2.05, 4.69) is 31.5 Å². The standard InChI is InChI=1S/C23H19ClN6O/c1-30(2)20-6-7-21(24)28-22(20)23(31)27-18-10-13(11-19-16(18)12-26-29-19)14-4-3-5-17-15(14)8-9-25-17/h3-12,25H,1-2H3,(H,26,29)(H,27,31). The third-order valence-corrected chi connectivity index (χ3v) is 5.46. The van der Waals surface area contributed by atoms with Crippen molar-refractivity contribution in [3.05, 3.63) is 71.8 Å². The molecule has 0 atom stereocenters. The Hall–Kier alpha value is -3.84. The van der Waals surface area contributed by atoms with Crippen LogP contribution in [0, 0.1) is 0 Å². The third kappa shape index (κ3) is 3.39. The van der Waals surface area contributed by atoms with Crippen LogP contribution in [0.3, 0.4) is 0 Å². The van der Waals surface area contributed by atoms with E-state index in [1.807, 2.05) is 55.5 Å². The molecule has 8 heteroatoms. The van der Waals surface area contributed by atoms with Crippen LogP contribution in [0.4, 0.5) is 11.4 Å². The molecule has 3 heterocycles. The highest BCUT2D eigenvalue weighted by Crippen LogP contribution is 2.34. The van der Waals surface area contributed by atoms with Crippen LogP contribution in [0.15, 0.2) is 60.9 Å². The van der Waals surface area contributed by atoms with E-state index in [4.69, 9.17) is 11.6 Å². The van der Waals surface area contributed by atoms with Crippen LogP contribution in [-0.2, 0) is 0 Å². The van der Waals surface area contributed by atoms with Gasteiger partial charge >= 0.3 is 0 Å². The Labute approximate surface area is 183 Å². The zero-order valence-electron chi connectivity index (χ0n) is 16.9. The summed E-state index contributed by atoms with van der Waals surface area (Å²) >= 11 is 6.07. The van der Waals surface area contributed by atoms with Crippen LogP contribution in [0.1, 0.15) is 10.5 Å². The first-order chi connectivity index (χ1) is 15.0. The summed E-state index contributed by atoms with van der Waals surface area (Å²) in [6, 6.07) is 15.6. The number of hydrogen-bond acceptors (Lipinski definition) is 4. The molecule has 0 spiro atoms. The van der Waals surface area contributed by atoms with Gasteiger partial charge in [0.05, 0.1) is 23.1 Å². The summed E-state index contributed by atoms with van der Waals surface area (Å²) in [7, 11) is 3.71. The maximum atomic E-state index is 13.2. The third-order valence-electron chi connectivity index (χ3n) is 5.25. The van der Waals surface area contributed by atoms with Crippen molar-refractivity contribution in [2.24, 2.45) is 0 Å². The molecule has 1 amide bonds. The Kier molecular flexibility index (Phi) is 4.60. The molecular formula is C23H19ClN6O. The predicted molar refractivity (Wildman–Crippen MR) is 125 cm³/mol. The molecule has 3 N–H and O–H groups in total. The van der Waals surface area contributed by atoms with Gasteiger partial charge in [-0.25, -0.2) is 4.98 Å². The number of hydrogen-bond donors (Lipinski definition) is 3. The number of aromatic amines is 2. The van der Waals surface area contributed by atoms with Gasteiger partial charge in [-0.05, 0) is 47.5 Å². The molecule has 0 aliphatic heterocycles. The Morgan fingerprint density at radius 3 is 2.77 bits per heavy atom. The number of nitrogens with one attached hydrogen (secondary N) is 3. The molecule has 0 saturated heterocycles. The molecular weight excluding hydrogens is 412 g/mol. The van der Waals surface area contributed by atoms with Crippen molar-refractivity contribution in [1.82, 2.24) is 20.2 Å². The van der Waals surface area contributed by atoms with Crippen LogP contribution in [0.2, 0.25) is 5.15 Å². The minimum Gasteiger partial charge on any atom is -0.376 e. The summed E-state index contributed by atoms with van der Waals surface area (Å²) < 4.78 is 0. The second-order valence-corrected chi connectivity index (χ2v) is 7.84. The smallest absolute Gasteiger partial charge is 0.276 e. The summed E-state index contributed by atoms with van der Waals surface area (Å²) in [4.78, 5) is 22.5. The first-order valence-electron chi connectivity index (χ1n) is 9.70. The summed E-state index contributed by atoms with van der Waals surface area (Å²) in [5, 5.41) is 12.4. The van der Waals surface area contributed by atoms with Crippen molar-refractivity contribution in [2.45, 2.75) is 0 Å². The summed E-state index contributed by atoms with van der Waals surface area (Å²) in [5.74, 6) is -0.342. The molecule has 154 valence electrons. The number of halogens is 1. The Morgan fingerprint density at radius 2 is 1.94 bits per heavy atom. The lowest BCUT2D eigenvalue weighted by molar-refractivity contribution is 0.102. The fourth-order valence-electron chi connectivity index (χ4n) is 3.78. The lowest BCUT2D eigenvalue weighted by Gasteiger charge is -2.17. The fraction of sp³-hybridized carbons (Fsp3) is 0.0870. The number of nitrogens with zero attached hydrogens (tertiary/aromatic N) is 3. The van der Waals surface area contributed by atoms with Crippen molar-refractivity contribution < 1.29 is 4.79 Å². The van der Waals surface area contributed by atoms with Gasteiger partial charge in [-0.15, -0.1) is 0 Å². The zero-order valence-corrected chi connectivity index (χ0v) is 17.7. The van der Waals surface area contributed by atoms with Gasteiger partial charge < -0.3 is 15.2 Å². The zero-order chi connectivity index (χ0) is 21.5. The molecule has 3 aromatic heterocycles. The molecule has 0 bridgehead atoms. The second-order valence-electron chi connectivity index (χ2n) is 7.45. The number of rotatable bonds is 4. The summed E-state index contributed by atoms with van der Waals surface area (Å²) in [6.45, 7) is 0. The highest BCUT2D eigenvalue weighted by Gasteiger charge is 2.18. The number of anilines is 2. The Morgan fingerprint density at radius 1 is 1.06 bits per heavy atom. The number of aromatic nitrogens is 4. The van der Waals surface area contributed by atoms with E-state index >= 15 is 0 Å². The van der Waals surface area contributed by atoms with E-state index in [1.165, 1.54) is 0 Å². The maximum Gasteiger partial charge on any atom is 0.276 e. The molecule has 0 aliphatic rings. The molecule has 0 aliphatic carbocycles. The predicted octanol–water partition coefficient (Wildman–Crippen LogP) is 5.08. The van der Waals surface area contributed by atoms with Crippen molar-refractivity contribution >= 4 is 50.7 Å². The van der Waals surface area contributed by atoms with E-state index in [-0.39, 0.29) is 16.8 Å². The van der Waals surface area contributed by atoms with Gasteiger partial charge in [-0.1, -0.05) is 23.7 Å². The van der Waals surface area contributed by atoms with E-state index in [0.29, 0.717) is 11.4 Å². The van der Waals surface area contributed by atoms with Crippen molar-refractivity contribution in [1.29, 1.82) is 0 Å². The first-order valence-corrected chi connectivity index (χ1v) is 10.1. The molecule has 0 saturated carbocycles. The lowest BCUT2D eigenvalue weighted by atomic mass is 9.99. The van der Waals surface area contributed by atoms with Gasteiger partial charge in [0.2, 0.25) is 0 Å². The minimum absolute atomic E-state index is 0.257. The summed E-state index contributed by atoms with van der Waals surface area (Å²) in [5.41, 5.74) is 5.47. The molecule has 5 aromatic rings. The number of fused-ring (bicyclic) bond motifs is 2. The highest BCUT2D eigenvalue weighted by molar-refractivity contribution is 6.29. The molecule has 0 fully saturated rings. The highest BCUT2D eigenvalue weighted by atomic mass is 35.5. The van der Waals surface area contributed by atoms with E-state index < -0.39 is 0 Å². The topological polar surface area (TPSA) is 89.7 Å². The lowest BCUT2D eigenvalue weighted by Crippen LogP contribution is -2.20. The monoisotopic (exact) mass is 430 g/mol. The van der Waals surface area contributed by atoms with Gasteiger partial charge in [0.25, 0.3) is 5.91 Å². The van der Waals surface area contributed by atoms with E-state index in [0.717, 1.165) is 32.9 Å². The van der Waals surface area contributed by atoms with E-state index in [1.54, 1.807) is 18.3 Å². The fourth-order valence-corrected chi connectivity index (χ4v) is 3.93. The minimum atomic E-state index is -0.342. The van der Waals surface area contributed by atoms with Crippen LogP contribution in [-0.4, -0.2) is 40.2 Å². The SMILES string of the molecule is CN(C)c1ccc(Cl)nc1C(=O)Nc1cc(-c2cccc3[nH]ccc23)cc2[nH]ncc12. The molecule has 0 unspecified atom stereocenters. The molecule has 7 nitrogen and oxygen atoms in total. The molecule has 31 heavy (non-hydrogen) atoms. The normalized spacial score (nSPS) is 11.2. The van der Waals surface area contributed by atoms with Crippen LogP contribution in [0.5, 0.6) is 0 Å². The number of carbonyl (C=O) groups excluding carboxylic acids is 1.